The Balaban J connectivity index is 2.40. The lowest BCUT2D eigenvalue weighted by atomic mass is 9.73. The van der Waals surface area contributed by atoms with E-state index < -0.39 is 29.6 Å². The minimum Gasteiger partial charge on any atom is -0.481 e. The van der Waals surface area contributed by atoms with Gasteiger partial charge < -0.3 is 20.2 Å². The third-order valence-electron chi connectivity index (χ3n) is 4.06. The summed E-state index contributed by atoms with van der Waals surface area (Å²) in [5, 5.41) is 28.2. The van der Waals surface area contributed by atoms with E-state index in [1.54, 1.807) is 0 Å². The van der Waals surface area contributed by atoms with Crippen LogP contribution in [0.4, 0.5) is 4.79 Å². The van der Waals surface area contributed by atoms with E-state index in [4.69, 9.17) is 5.11 Å². The van der Waals surface area contributed by atoms with E-state index in [9.17, 15) is 19.8 Å². The van der Waals surface area contributed by atoms with Crippen LogP contribution in [0, 0.1) is 5.41 Å². The number of aliphatic hydroxyl groups excluding tert-OH is 1. The van der Waals surface area contributed by atoms with Crippen molar-refractivity contribution in [2.75, 3.05) is 0 Å². The Kier molecular flexibility index (Phi) is 2.34. The van der Waals surface area contributed by atoms with Crippen LogP contribution in [-0.4, -0.2) is 50.5 Å². The monoisotopic (exact) mass is 229 g/mol. The lowest BCUT2D eigenvalue weighted by molar-refractivity contribution is -0.166. The van der Waals surface area contributed by atoms with Gasteiger partial charge >= 0.3 is 12.1 Å². The number of hydrogen-bond donors (Lipinski definition) is 3. The highest BCUT2D eigenvalue weighted by molar-refractivity contribution is 5.78. The minimum absolute atomic E-state index is 0.214. The fraction of sp³-hybridized carbons (Fsp3) is 0.800. The van der Waals surface area contributed by atoms with Gasteiger partial charge in [0.25, 0.3) is 0 Å². The van der Waals surface area contributed by atoms with E-state index in [-0.39, 0.29) is 12.5 Å². The van der Waals surface area contributed by atoms with Crippen LogP contribution in [0.2, 0.25) is 0 Å². The van der Waals surface area contributed by atoms with Crippen molar-refractivity contribution in [2.45, 2.75) is 44.4 Å². The van der Waals surface area contributed by atoms with Crippen molar-refractivity contribution in [1.29, 1.82) is 0 Å². The Morgan fingerprint density at radius 3 is 2.44 bits per heavy atom. The summed E-state index contributed by atoms with van der Waals surface area (Å²) in [6.07, 6.45) is -0.704. The number of hydrogen-bond acceptors (Lipinski definition) is 3. The molecule has 1 amide bonds. The maximum Gasteiger partial charge on any atom is 0.407 e. The lowest BCUT2D eigenvalue weighted by Gasteiger charge is -2.45. The van der Waals surface area contributed by atoms with E-state index in [2.05, 4.69) is 0 Å². The summed E-state index contributed by atoms with van der Waals surface area (Å²) in [7, 11) is 0. The summed E-state index contributed by atoms with van der Waals surface area (Å²) in [6.45, 7) is 1.43. The van der Waals surface area contributed by atoms with Crippen molar-refractivity contribution < 1.29 is 24.9 Å². The first-order valence-corrected chi connectivity index (χ1v) is 5.31. The third-order valence-corrected chi connectivity index (χ3v) is 4.06. The van der Waals surface area contributed by atoms with Gasteiger partial charge in [0, 0.05) is 6.04 Å². The molecule has 2 bridgehead atoms. The molecule has 0 aromatic heterocycles. The van der Waals surface area contributed by atoms with Crippen LogP contribution >= 0.6 is 0 Å². The molecule has 2 rings (SSSR count). The third kappa shape index (κ3) is 1.22. The van der Waals surface area contributed by atoms with E-state index in [1.807, 2.05) is 0 Å². The summed E-state index contributed by atoms with van der Waals surface area (Å²) in [5.74, 6) is -1.13. The molecular weight excluding hydrogens is 214 g/mol. The smallest absolute Gasteiger partial charge is 0.407 e. The molecule has 16 heavy (non-hydrogen) atoms. The van der Waals surface area contributed by atoms with E-state index in [0.29, 0.717) is 12.8 Å². The van der Waals surface area contributed by atoms with E-state index >= 15 is 0 Å². The van der Waals surface area contributed by atoms with Crippen LogP contribution in [0.15, 0.2) is 0 Å². The van der Waals surface area contributed by atoms with Gasteiger partial charge in [0.1, 0.15) is 5.41 Å². The molecule has 4 atom stereocenters. The number of nitrogens with zero attached hydrogens (tertiary/aromatic N) is 1. The topological polar surface area (TPSA) is 98.1 Å². The SMILES string of the molecule is CC1(C(=O)O)C(O)CC2CCC1N2C(=O)O. The summed E-state index contributed by atoms with van der Waals surface area (Å²) >= 11 is 0. The second-order valence-electron chi connectivity index (χ2n) is 4.78. The Morgan fingerprint density at radius 1 is 1.31 bits per heavy atom. The normalized spacial score (nSPS) is 42.1. The van der Waals surface area contributed by atoms with Gasteiger partial charge in [-0.2, -0.15) is 0 Å². The Bertz CT molecular complexity index is 344. The first-order valence-electron chi connectivity index (χ1n) is 5.31. The largest absolute Gasteiger partial charge is 0.481 e. The molecule has 0 aliphatic carbocycles. The predicted octanol–water partition coefficient (Wildman–Crippen LogP) is 0.353. The highest BCUT2D eigenvalue weighted by Crippen LogP contribution is 2.46. The van der Waals surface area contributed by atoms with Gasteiger partial charge in [-0.3, -0.25) is 4.79 Å². The maximum absolute atomic E-state index is 11.3. The van der Waals surface area contributed by atoms with Gasteiger partial charge in [-0.05, 0) is 26.2 Å². The number of carbonyl (C=O) groups is 2. The van der Waals surface area contributed by atoms with Crippen molar-refractivity contribution in [3.05, 3.63) is 0 Å². The van der Waals surface area contributed by atoms with Crippen molar-refractivity contribution in [2.24, 2.45) is 5.41 Å². The van der Waals surface area contributed by atoms with Crippen molar-refractivity contribution in [3.63, 3.8) is 0 Å². The molecule has 2 heterocycles. The molecule has 2 fully saturated rings. The fourth-order valence-electron chi connectivity index (χ4n) is 3.00. The van der Waals surface area contributed by atoms with Gasteiger partial charge in [0.2, 0.25) is 0 Å². The van der Waals surface area contributed by atoms with Crippen LogP contribution in [0.25, 0.3) is 0 Å². The second-order valence-corrected chi connectivity index (χ2v) is 4.78. The summed E-state index contributed by atoms with van der Waals surface area (Å²) in [6, 6.07) is -0.846. The molecule has 90 valence electrons. The molecule has 0 radical (unpaired) electrons. The molecule has 2 aliphatic rings. The maximum atomic E-state index is 11.3. The predicted molar refractivity (Wildman–Crippen MR) is 53.0 cm³/mol. The van der Waals surface area contributed by atoms with Gasteiger partial charge in [-0.25, -0.2) is 4.79 Å². The molecular formula is C10H15NO5. The highest BCUT2D eigenvalue weighted by atomic mass is 16.4. The van der Waals surface area contributed by atoms with Crippen LogP contribution in [-0.2, 0) is 4.79 Å². The Morgan fingerprint density at radius 2 is 1.94 bits per heavy atom. The first-order chi connectivity index (χ1) is 7.39. The van der Waals surface area contributed by atoms with Crippen molar-refractivity contribution in [1.82, 2.24) is 4.90 Å². The number of piperidine rings is 1. The molecule has 0 saturated carbocycles. The zero-order chi connectivity index (χ0) is 12.1. The van der Waals surface area contributed by atoms with Gasteiger partial charge in [-0.1, -0.05) is 0 Å². The number of aliphatic hydroxyl groups is 1. The molecule has 2 saturated heterocycles. The van der Waals surface area contributed by atoms with Gasteiger partial charge in [-0.15, -0.1) is 0 Å². The van der Waals surface area contributed by atoms with E-state index in [0.717, 1.165) is 0 Å². The molecule has 6 nitrogen and oxygen atoms in total. The zero-order valence-corrected chi connectivity index (χ0v) is 8.96. The minimum atomic E-state index is -1.38. The molecule has 0 aromatic rings. The van der Waals surface area contributed by atoms with Gasteiger partial charge in [0.15, 0.2) is 0 Å². The molecule has 3 N–H and O–H groups in total. The van der Waals surface area contributed by atoms with Crippen LogP contribution in [0.3, 0.4) is 0 Å². The molecule has 4 unspecified atom stereocenters. The second kappa shape index (κ2) is 3.35. The number of fused-ring (bicyclic) bond motifs is 2. The highest BCUT2D eigenvalue weighted by Gasteiger charge is 2.59. The van der Waals surface area contributed by atoms with Crippen LogP contribution in [0.5, 0.6) is 0 Å². The number of carboxylic acid groups (broad SMARTS) is 2. The average molecular weight is 229 g/mol. The number of aliphatic carboxylic acids is 1. The zero-order valence-electron chi connectivity index (χ0n) is 8.96. The number of amides is 1. The molecule has 2 aliphatic heterocycles. The van der Waals surface area contributed by atoms with Crippen LogP contribution in [0.1, 0.15) is 26.2 Å². The first kappa shape index (κ1) is 11.2. The van der Waals surface area contributed by atoms with Crippen molar-refractivity contribution in [3.8, 4) is 0 Å². The quantitative estimate of drug-likeness (QED) is 0.602. The van der Waals surface area contributed by atoms with Gasteiger partial charge in [0.05, 0.1) is 12.1 Å². The summed E-state index contributed by atoms with van der Waals surface area (Å²) in [4.78, 5) is 23.6. The number of rotatable bonds is 1. The molecule has 0 spiro atoms. The number of carboxylic acids is 1. The van der Waals surface area contributed by atoms with Crippen LogP contribution < -0.4 is 0 Å². The van der Waals surface area contributed by atoms with E-state index in [1.165, 1.54) is 11.8 Å². The fourth-order valence-corrected chi connectivity index (χ4v) is 3.00. The summed E-state index contributed by atoms with van der Waals surface area (Å²) in [5.41, 5.74) is -1.38. The molecule has 6 heteroatoms. The Labute approximate surface area is 92.5 Å². The Hall–Kier alpha value is -1.30. The van der Waals surface area contributed by atoms with Crippen molar-refractivity contribution >= 4 is 12.1 Å². The molecule has 0 aromatic carbocycles. The standard InChI is InChI=1S/C10H15NO5/c1-10(8(13)14)6-3-2-5(4-7(10)12)11(6)9(15)16/h5-7,12H,2-4H2,1H3,(H,13,14)(H,15,16). The summed E-state index contributed by atoms with van der Waals surface area (Å²) < 4.78 is 0. The lowest BCUT2D eigenvalue weighted by Crippen LogP contribution is -2.61. The average Bonchev–Trinajstić information content (AvgIpc) is 2.54.